The number of hydrogen-bond donors (Lipinski definition) is 1. The average molecular weight is 298 g/mol. The number of nitrogens with zero attached hydrogens (tertiary/aromatic N) is 1. The first-order valence-electron chi connectivity index (χ1n) is 4.56. The van der Waals surface area contributed by atoms with Crippen molar-refractivity contribution in [3.63, 3.8) is 0 Å². The van der Waals surface area contributed by atoms with Crippen LogP contribution in [0.3, 0.4) is 0 Å². The molecule has 16 heavy (non-hydrogen) atoms. The molecule has 0 saturated heterocycles. The Hall–Kier alpha value is -1.20. The van der Waals surface area contributed by atoms with Gasteiger partial charge in [0.1, 0.15) is 5.92 Å². The Morgan fingerprint density at radius 1 is 1.31 bits per heavy atom. The molecule has 1 atom stereocenters. The molecule has 2 aromatic rings. The predicted octanol–water partition coefficient (Wildman–Crippen LogP) is 3.12. The Kier molecular flexibility index (Phi) is 3.36. The van der Waals surface area contributed by atoms with E-state index in [4.69, 9.17) is 0 Å². The molecule has 1 N–H and O–H groups in total. The molecule has 0 aliphatic carbocycles. The molecule has 0 spiro atoms. The highest BCUT2D eigenvalue weighted by atomic mass is 79.9. The van der Waals surface area contributed by atoms with E-state index in [1.807, 2.05) is 12.1 Å². The summed E-state index contributed by atoms with van der Waals surface area (Å²) in [6, 6.07) is 7.14. The highest BCUT2D eigenvalue weighted by Crippen LogP contribution is 2.32. The van der Waals surface area contributed by atoms with Crippen LogP contribution in [0.1, 0.15) is 16.4 Å². The standard InChI is InChI=1S/C11H8BrNO2S/c12-9-2-1-8(16-9)10(11(14)15)7-3-5-13-6-4-7/h1-6,10H,(H,14,15). The van der Waals surface area contributed by atoms with Crippen LogP contribution in [0, 0.1) is 0 Å². The van der Waals surface area contributed by atoms with Gasteiger partial charge in [0.05, 0.1) is 3.79 Å². The van der Waals surface area contributed by atoms with Crippen LogP contribution in [0.2, 0.25) is 0 Å². The second-order valence-electron chi connectivity index (χ2n) is 3.19. The number of rotatable bonds is 3. The van der Waals surface area contributed by atoms with Crippen molar-refractivity contribution in [1.82, 2.24) is 4.98 Å². The molecule has 0 bridgehead atoms. The first kappa shape index (κ1) is 11.3. The van der Waals surface area contributed by atoms with E-state index >= 15 is 0 Å². The quantitative estimate of drug-likeness (QED) is 0.947. The Morgan fingerprint density at radius 2 is 2.00 bits per heavy atom. The highest BCUT2D eigenvalue weighted by Gasteiger charge is 2.23. The fourth-order valence-electron chi connectivity index (χ4n) is 1.47. The summed E-state index contributed by atoms with van der Waals surface area (Å²) in [6.45, 7) is 0. The van der Waals surface area contributed by atoms with E-state index in [1.165, 1.54) is 11.3 Å². The smallest absolute Gasteiger partial charge is 0.316 e. The summed E-state index contributed by atoms with van der Waals surface area (Å²) >= 11 is 4.77. The molecule has 0 fully saturated rings. The zero-order valence-corrected chi connectivity index (χ0v) is 10.5. The second kappa shape index (κ2) is 4.76. The number of carbonyl (C=O) groups is 1. The maximum absolute atomic E-state index is 11.3. The lowest BCUT2D eigenvalue weighted by molar-refractivity contribution is -0.137. The fraction of sp³-hybridized carbons (Fsp3) is 0.0909. The van der Waals surface area contributed by atoms with Crippen molar-refractivity contribution >= 4 is 33.2 Å². The van der Waals surface area contributed by atoms with Gasteiger partial charge in [0.2, 0.25) is 0 Å². The van der Waals surface area contributed by atoms with Gasteiger partial charge in [0, 0.05) is 17.3 Å². The molecule has 3 nitrogen and oxygen atoms in total. The molecule has 0 saturated carbocycles. The van der Waals surface area contributed by atoms with E-state index in [2.05, 4.69) is 20.9 Å². The van der Waals surface area contributed by atoms with E-state index in [0.717, 1.165) is 14.2 Å². The van der Waals surface area contributed by atoms with Crippen molar-refractivity contribution in [2.45, 2.75) is 5.92 Å². The van der Waals surface area contributed by atoms with Gasteiger partial charge < -0.3 is 5.11 Å². The molecular weight excluding hydrogens is 290 g/mol. The number of aliphatic carboxylic acids is 1. The second-order valence-corrected chi connectivity index (χ2v) is 5.69. The number of carboxylic acid groups (broad SMARTS) is 1. The Bertz CT molecular complexity index is 498. The third-order valence-corrected chi connectivity index (χ3v) is 3.85. The van der Waals surface area contributed by atoms with Gasteiger partial charge in [-0.3, -0.25) is 9.78 Å². The third-order valence-electron chi connectivity index (χ3n) is 2.16. The van der Waals surface area contributed by atoms with Gasteiger partial charge >= 0.3 is 5.97 Å². The molecule has 2 rings (SSSR count). The average Bonchev–Trinajstić information content (AvgIpc) is 2.66. The number of halogens is 1. The zero-order valence-electron chi connectivity index (χ0n) is 8.13. The topological polar surface area (TPSA) is 50.2 Å². The minimum absolute atomic E-state index is 0.612. The molecule has 2 heterocycles. The van der Waals surface area contributed by atoms with Crippen LogP contribution in [0.5, 0.6) is 0 Å². The van der Waals surface area contributed by atoms with Crippen molar-refractivity contribution in [2.75, 3.05) is 0 Å². The molecular formula is C11H8BrNO2S. The summed E-state index contributed by atoms with van der Waals surface area (Å²) in [5.74, 6) is -1.46. The minimum Gasteiger partial charge on any atom is -0.481 e. The molecule has 5 heteroatoms. The molecule has 2 aromatic heterocycles. The summed E-state index contributed by atoms with van der Waals surface area (Å²) in [4.78, 5) is 16.0. The summed E-state index contributed by atoms with van der Waals surface area (Å²) in [7, 11) is 0. The minimum atomic E-state index is -0.847. The summed E-state index contributed by atoms with van der Waals surface area (Å²) in [5.41, 5.74) is 0.747. The third kappa shape index (κ3) is 2.31. The first-order valence-corrected chi connectivity index (χ1v) is 6.17. The molecule has 0 aromatic carbocycles. The van der Waals surface area contributed by atoms with E-state index in [1.54, 1.807) is 24.5 Å². The molecule has 0 aliphatic rings. The van der Waals surface area contributed by atoms with Crippen molar-refractivity contribution in [2.24, 2.45) is 0 Å². The van der Waals surface area contributed by atoms with Crippen molar-refractivity contribution < 1.29 is 9.90 Å². The van der Waals surface area contributed by atoms with Gasteiger partial charge in [-0.1, -0.05) is 0 Å². The Morgan fingerprint density at radius 3 is 2.50 bits per heavy atom. The van der Waals surface area contributed by atoms with Crippen LogP contribution in [-0.2, 0) is 4.79 Å². The SMILES string of the molecule is O=C(O)C(c1ccncc1)c1ccc(Br)s1. The Labute approximate surface area is 105 Å². The number of aromatic nitrogens is 1. The van der Waals surface area contributed by atoms with Crippen molar-refractivity contribution in [3.8, 4) is 0 Å². The van der Waals surface area contributed by atoms with E-state index in [9.17, 15) is 9.90 Å². The largest absolute Gasteiger partial charge is 0.481 e. The molecule has 0 aliphatic heterocycles. The molecule has 1 unspecified atom stereocenters. The first-order chi connectivity index (χ1) is 7.68. The maximum atomic E-state index is 11.3. The summed E-state index contributed by atoms with van der Waals surface area (Å²) < 4.78 is 0.933. The van der Waals surface area contributed by atoms with Gasteiger partial charge in [-0.25, -0.2) is 0 Å². The number of carboxylic acids is 1. The normalized spacial score (nSPS) is 12.3. The summed E-state index contributed by atoms with van der Waals surface area (Å²) in [5, 5.41) is 9.26. The molecule has 0 amide bonds. The number of thiophene rings is 1. The van der Waals surface area contributed by atoms with Crippen molar-refractivity contribution in [3.05, 3.63) is 50.9 Å². The van der Waals surface area contributed by atoms with E-state index < -0.39 is 11.9 Å². The van der Waals surface area contributed by atoms with Crippen molar-refractivity contribution in [1.29, 1.82) is 0 Å². The van der Waals surface area contributed by atoms with Gasteiger partial charge in [0.25, 0.3) is 0 Å². The maximum Gasteiger partial charge on any atom is 0.316 e. The van der Waals surface area contributed by atoms with Gasteiger partial charge in [0.15, 0.2) is 0 Å². The lowest BCUT2D eigenvalue weighted by Crippen LogP contribution is -2.11. The van der Waals surface area contributed by atoms with Gasteiger partial charge in [-0.05, 0) is 45.8 Å². The van der Waals surface area contributed by atoms with Crippen LogP contribution in [-0.4, -0.2) is 16.1 Å². The van der Waals surface area contributed by atoms with Crippen LogP contribution in [0.15, 0.2) is 40.4 Å². The Balaban J connectivity index is 2.43. The zero-order chi connectivity index (χ0) is 11.5. The summed E-state index contributed by atoms with van der Waals surface area (Å²) in [6.07, 6.45) is 3.21. The lowest BCUT2D eigenvalue weighted by Gasteiger charge is -2.09. The molecule has 0 radical (unpaired) electrons. The van der Waals surface area contributed by atoms with Crippen LogP contribution in [0.4, 0.5) is 0 Å². The lowest BCUT2D eigenvalue weighted by atomic mass is 9.99. The van der Waals surface area contributed by atoms with Crippen LogP contribution in [0.25, 0.3) is 0 Å². The van der Waals surface area contributed by atoms with Crippen LogP contribution >= 0.6 is 27.3 Å². The van der Waals surface area contributed by atoms with E-state index in [-0.39, 0.29) is 0 Å². The van der Waals surface area contributed by atoms with Gasteiger partial charge in [-0.2, -0.15) is 0 Å². The van der Waals surface area contributed by atoms with E-state index in [0.29, 0.717) is 0 Å². The van der Waals surface area contributed by atoms with Gasteiger partial charge in [-0.15, -0.1) is 11.3 Å². The monoisotopic (exact) mass is 297 g/mol. The number of hydrogen-bond acceptors (Lipinski definition) is 3. The van der Waals surface area contributed by atoms with Crippen LogP contribution < -0.4 is 0 Å². The predicted molar refractivity (Wildman–Crippen MR) is 65.7 cm³/mol. The fourth-order valence-corrected chi connectivity index (χ4v) is 3.01. The number of pyridine rings is 1. The molecule has 82 valence electrons. The highest BCUT2D eigenvalue weighted by molar-refractivity contribution is 9.11.